The van der Waals surface area contributed by atoms with Gasteiger partial charge in [0.25, 0.3) is 0 Å². The van der Waals surface area contributed by atoms with E-state index in [0.717, 1.165) is 18.4 Å². The van der Waals surface area contributed by atoms with Gasteiger partial charge in [0.2, 0.25) is 11.7 Å². The average molecular weight is 447 g/mol. The first kappa shape index (κ1) is 20.3. The van der Waals surface area contributed by atoms with E-state index in [4.69, 9.17) is 10.3 Å². The highest BCUT2D eigenvalue weighted by Crippen LogP contribution is 2.16. The summed E-state index contributed by atoms with van der Waals surface area (Å²) in [5.74, 6) is 1.16. The fourth-order valence-electron chi connectivity index (χ4n) is 1.90. The Balaban J connectivity index is 0.00000288. The maximum atomic E-state index is 12.9. The highest BCUT2D eigenvalue weighted by atomic mass is 127. The Bertz CT molecular complexity index is 644. The normalized spacial score (nSPS) is 12.5. The molecule has 0 saturated carbocycles. The number of benzene rings is 1. The maximum absolute atomic E-state index is 12.9. The van der Waals surface area contributed by atoms with Crippen LogP contribution in [0.25, 0.3) is 11.4 Å². The smallest absolute Gasteiger partial charge is 0.227 e. The number of aryl methyl sites for hydroxylation is 1. The Morgan fingerprint density at radius 3 is 2.75 bits per heavy atom. The number of aromatic nitrogens is 2. The summed E-state index contributed by atoms with van der Waals surface area (Å²) in [5.41, 5.74) is 6.50. The summed E-state index contributed by atoms with van der Waals surface area (Å²) < 4.78 is 18.1. The largest absolute Gasteiger partial charge is 0.370 e. The number of nitrogens with zero attached hydrogens (tertiary/aromatic N) is 3. The van der Waals surface area contributed by atoms with E-state index < -0.39 is 0 Å². The van der Waals surface area contributed by atoms with Gasteiger partial charge in [-0.25, -0.2) is 4.39 Å². The zero-order chi connectivity index (χ0) is 16.7. The van der Waals surface area contributed by atoms with Crippen molar-refractivity contribution in [1.82, 2.24) is 15.5 Å². The average Bonchev–Trinajstić information content (AvgIpc) is 3.01. The molecule has 0 saturated heterocycles. The minimum atomic E-state index is -0.293. The minimum absolute atomic E-state index is 0. The monoisotopic (exact) mass is 447 g/mol. The standard InChI is InChI=1S/C16H22FN5O.HI/c1-3-11(2)20-16(18)19-10-4-5-14-21-15(22-23-14)12-6-8-13(17)9-7-12;/h6-9,11H,3-5,10H2,1-2H3,(H3,18,19,20);1H. The molecule has 8 heteroatoms. The van der Waals surface area contributed by atoms with Crippen LogP contribution < -0.4 is 11.1 Å². The van der Waals surface area contributed by atoms with Gasteiger partial charge in [-0.2, -0.15) is 4.98 Å². The quantitative estimate of drug-likeness (QED) is 0.295. The molecule has 2 aromatic rings. The van der Waals surface area contributed by atoms with Gasteiger partial charge >= 0.3 is 0 Å². The van der Waals surface area contributed by atoms with Gasteiger partial charge in [0.05, 0.1) is 0 Å². The highest BCUT2D eigenvalue weighted by molar-refractivity contribution is 14.0. The van der Waals surface area contributed by atoms with Gasteiger partial charge in [-0.15, -0.1) is 24.0 Å². The van der Waals surface area contributed by atoms with Gasteiger partial charge in [0.15, 0.2) is 5.96 Å². The van der Waals surface area contributed by atoms with Crippen LogP contribution >= 0.6 is 24.0 Å². The van der Waals surface area contributed by atoms with E-state index >= 15 is 0 Å². The van der Waals surface area contributed by atoms with Crippen LogP contribution in [0.15, 0.2) is 33.8 Å². The summed E-state index contributed by atoms with van der Waals surface area (Å²) in [6, 6.07) is 6.29. The molecule has 1 atom stereocenters. The molecule has 1 aromatic heterocycles. The first-order chi connectivity index (χ1) is 11.1. The van der Waals surface area contributed by atoms with Crippen molar-refractivity contribution in [2.24, 2.45) is 10.7 Å². The number of aliphatic imine (C=N–C) groups is 1. The van der Waals surface area contributed by atoms with Crippen molar-refractivity contribution in [3.8, 4) is 11.4 Å². The van der Waals surface area contributed by atoms with Crippen LogP contribution in [0.4, 0.5) is 4.39 Å². The van der Waals surface area contributed by atoms with Gasteiger partial charge < -0.3 is 15.6 Å². The van der Waals surface area contributed by atoms with Crippen molar-refractivity contribution < 1.29 is 8.91 Å². The fourth-order valence-corrected chi connectivity index (χ4v) is 1.90. The molecule has 0 bridgehead atoms. The first-order valence-corrected chi connectivity index (χ1v) is 7.73. The Morgan fingerprint density at radius 2 is 2.08 bits per heavy atom. The van der Waals surface area contributed by atoms with Crippen molar-refractivity contribution in [3.05, 3.63) is 36.0 Å². The lowest BCUT2D eigenvalue weighted by Crippen LogP contribution is -2.38. The van der Waals surface area contributed by atoms with Crippen LogP contribution in [0.2, 0.25) is 0 Å². The molecule has 24 heavy (non-hydrogen) atoms. The molecular formula is C16H23FIN5O. The van der Waals surface area contributed by atoms with Crippen LogP contribution in [0.1, 0.15) is 32.6 Å². The molecule has 1 aromatic carbocycles. The lowest BCUT2D eigenvalue weighted by Gasteiger charge is -2.11. The Kier molecular flexibility index (Phi) is 8.66. The predicted octanol–water partition coefficient (Wildman–Crippen LogP) is 3.13. The van der Waals surface area contributed by atoms with Crippen LogP contribution in [-0.4, -0.2) is 28.7 Å². The summed E-state index contributed by atoms with van der Waals surface area (Å²) in [6.45, 7) is 4.72. The first-order valence-electron chi connectivity index (χ1n) is 7.73. The van der Waals surface area contributed by atoms with Gasteiger partial charge in [0, 0.05) is 24.6 Å². The summed E-state index contributed by atoms with van der Waals surface area (Å²) >= 11 is 0. The number of hydrogen-bond acceptors (Lipinski definition) is 4. The van der Waals surface area contributed by atoms with Crippen LogP contribution in [0.5, 0.6) is 0 Å². The second kappa shape index (κ2) is 10.2. The number of rotatable bonds is 7. The minimum Gasteiger partial charge on any atom is -0.370 e. The highest BCUT2D eigenvalue weighted by Gasteiger charge is 2.08. The zero-order valence-electron chi connectivity index (χ0n) is 13.8. The molecule has 0 aliphatic carbocycles. The van der Waals surface area contributed by atoms with E-state index in [1.165, 1.54) is 12.1 Å². The second-order valence-electron chi connectivity index (χ2n) is 5.34. The summed E-state index contributed by atoms with van der Waals surface area (Å²) in [5, 5.41) is 7.00. The van der Waals surface area contributed by atoms with Crippen molar-refractivity contribution in [3.63, 3.8) is 0 Å². The van der Waals surface area contributed by atoms with Crippen molar-refractivity contribution >= 4 is 29.9 Å². The van der Waals surface area contributed by atoms with Crippen molar-refractivity contribution in [2.75, 3.05) is 6.54 Å². The predicted molar refractivity (Wildman–Crippen MR) is 103 cm³/mol. The van der Waals surface area contributed by atoms with Gasteiger partial charge in [-0.3, -0.25) is 4.99 Å². The van der Waals surface area contributed by atoms with E-state index in [1.54, 1.807) is 12.1 Å². The van der Waals surface area contributed by atoms with E-state index in [9.17, 15) is 4.39 Å². The lowest BCUT2D eigenvalue weighted by molar-refractivity contribution is 0.376. The molecule has 3 N–H and O–H groups in total. The van der Waals surface area contributed by atoms with E-state index in [1.807, 2.05) is 0 Å². The summed E-state index contributed by atoms with van der Waals surface area (Å²) in [6.07, 6.45) is 2.37. The molecule has 6 nitrogen and oxygen atoms in total. The molecule has 132 valence electrons. The van der Waals surface area contributed by atoms with E-state index in [-0.39, 0.29) is 29.8 Å². The maximum Gasteiger partial charge on any atom is 0.227 e. The Morgan fingerprint density at radius 1 is 1.38 bits per heavy atom. The molecule has 0 spiro atoms. The van der Waals surface area contributed by atoms with Crippen LogP contribution in [-0.2, 0) is 6.42 Å². The summed E-state index contributed by atoms with van der Waals surface area (Å²) in [7, 11) is 0. The summed E-state index contributed by atoms with van der Waals surface area (Å²) in [4.78, 5) is 8.55. The molecular weight excluding hydrogens is 424 g/mol. The molecule has 0 aliphatic heterocycles. The van der Waals surface area contributed by atoms with Crippen LogP contribution in [0.3, 0.4) is 0 Å². The molecule has 1 heterocycles. The molecule has 0 aliphatic rings. The van der Waals surface area contributed by atoms with E-state index in [0.29, 0.717) is 36.7 Å². The molecule has 0 fully saturated rings. The number of nitrogens with one attached hydrogen (secondary N) is 1. The number of guanidine groups is 1. The number of hydrogen-bond donors (Lipinski definition) is 2. The molecule has 2 rings (SSSR count). The van der Waals surface area contributed by atoms with E-state index in [2.05, 4.69) is 34.3 Å². The zero-order valence-corrected chi connectivity index (χ0v) is 16.2. The lowest BCUT2D eigenvalue weighted by atomic mass is 10.2. The topological polar surface area (TPSA) is 89.3 Å². The Hall–Kier alpha value is -1.71. The van der Waals surface area contributed by atoms with Crippen molar-refractivity contribution in [1.29, 1.82) is 0 Å². The third-order valence-electron chi connectivity index (χ3n) is 3.41. The third kappa shape index (κ3) is 6.42. The molecule has 0 amide bonds. The van der Waals surface area contributed by atoms with Gasteiger partial charge in [-0.1, -0.05) is 12.1 Å². The Labute approximate surface area is 158 Å². The number of halogens is 2. The van der Waals surface area contributed by atoms with Crippen LogP contribution in [0, 0.1) is 5.82 Å². The molecule has 0 radical (unpaired) electrons. The fraction of sp³-hybridized carbons (Fsp3) is 0.438. The van der Waals surface area contributed by atoms with Crippen molar-refractivity contribution in [2.45, 2.75) is 39.2 Å². The third-order valence-corrected chi connectivity index (χ3v) is 3.41. The van der Waals surface area contributed by atoms with Gasteiger partial charge in [0.1, 0.15) is 5.82 Å². The number of nitrogens with two attached hydrogens (primary N) is 1. The second-order valence-corrected chi connectivity index (χ2v) is 5.34. The SMILES string of the molecule is CCC(C)NC(N)=NCCCc1nc(-c2ccc(F)cc2)no1.I. The molecule has 1 unspecified atom stereocenters. The van der Waals surface area contributed by atoms with Gasteiger partial charge in [-0.05, 0) is 44.0 Å².